The topological polar surface area (TPSA) is 338 Å². The number of carbonyl (C=O) groups is 2. The summed E-state index contributed by atoms with van der Waals surface area (Å²) in [6.45, 7) is 2.51. The van der Waals surface area contributed by atoms with E-state index in [0.717, 1.165) is 96.5 Å². The molecule has 32 heteroatoms. The highest BCUT2D eigenvalue weighted by Gasteiger charge is 2.49. The zero-order valence-electron chi connectivity index (χ0n) is 65.7. The highest BCUT2D eigenvalue weighted by molar-refractivity contribution is 7.90. The minimum Gasteiger partial charge on any atom is -0.455 e. The zero-order valence-corrected chi connectivity index (χ0v) is 67.3. The van der Waals surface area contributed by atoms with E-state index in [2.05, 4.69) is 40.0 Å². The molecule has 8 aromatic carbocycles. The van der Waals surface area contributed by atoms with Crippen molar-refractivity contribution in [3.05, 3.63) is 273 Å². The molecule has 0 bridgehead atoms. The second kappa shape index (κ2) is 34.0. The van der Waals surface area contributed by atoms with E-state index < -0.39 is 99.9 Å². The van der Waals surface area contributed by atoms with Gasteiger partial charge in [-0.3, -0.25) is 29.8 Å². The average Bonchev–Trinajstić information content (AvgIpc) is 0.931. The highest BCUT2D eigenvalue weighted by Crippen LogP contribution is 2.52. The van der Waals surface area contributed by atoms with Gasteiger partial charge >= 0.3 is 0 Å². The van der Waals surface area contributed by atoms with Crippen LogP contribution in [0.4, 0.5) is 51.7 Å². The molecular formula is C90H84F4N12O14S2. The Morgan fingerprint density at radius 3 is 1.23 bits per heavy atom. The molecule has 18 rings (SSSR count). The van der Waals surface area contributed by atoms with Crippen LogP contribution < -0.4 is 39.4 Å². The summed E-state index contributed by atoms with van der Waals surface area (Å²) < 4.78 is 142. The van der Waals surface area contributed by atoms with Crippen LogP contribution in [0.25, 0.3) is 44.3 Å². The lowest BCUT2D eigenvalue weighted by Gasteiger charge is -2.28. The molecule has 6 aliphatic rings. The molecule has 8 heterocycles. The van der Waals surface area contributed by atoms with Gasteiger partial charge in [-0.1, -0.05) is 84.9 Å². The van der Waals surface area contributed by atoms with Crippen LogP contribution in [-0.2, 0) is 29.5 Å². The van der Waals surface area contributed by atoms with Crippen molar-refractivity contribution in [2.24, 2.45) is 11.8 Å². The molecule has 628 valence electrons. The number of amides is 2. The van der Waals surface area contributed by atoms with Crippen LogP contribution in [0.2, 0.25) is 0 Å². The van der Waals surface area contributed by atoms with Gasteiger partial charge in [-0.2, -0.15) is 0 Å². The summed E-state index contributed by atoms with van der Waals surface area (Å²) in [6.07, 6.45) is 13.2. The second-order valence-corrected chi connectivity index (χ2v) is 35.1. The van der Waals surface area contributed by atoms with Crippen molar-refractivity contribution in [1.29, 1.82) is 0 Å². The van der Waals surface area contributed by atoms with Gasteiger partial charge in [-0.05, 0) is 217 Å². The monoisotopic (exact) mass is 1700 g/mol. The van der Waals surface area contributed by atoms with E-state index in [1.54, 1.807) is 119 Å². The van der Waals surface area contributed by atoms with Gasteiger partial charge in [0.25, 0.3) is 55.1 Å². The fourth-order valence-electron chi connectivity index (χ4n) is 16.6. The number of fused-ring (bicyclic) bond motifs is 2. The molecule has 26 nitrogen and oxygen atoms in total. The van der Waals surface area contributed by atoms with Crippen LogP contribution in [0, 0.1) is 32.1 Å². The second-order valence-electron chi connectivity index (χ2n) is 31.7. The molecule has 12 aromatic rings. The number of rotatable bonds is 26. The van der Waals surface area contributed by atoms with Gasteiger partial charge < -0.3 is 49.3 Å². The summed E-state index contributed by atoms with van der Waals surface area (Å²) in [7, 11) is -9.24. The summed E-state index contributed by atoms with van der Waals surface area (Å²) in [5.41, 5.74) is 8.34. The lowest BCUT2D eigenvalue weighted by atomic mass is 9.94. The number of carbonyl (C=O) groups excluding carboxylic acids is 2. The fourth-order valence-corrected chi connectivity index (χ4v) is 18.5. The first-order valence-electron chi connectivity index (χ1n) is 40.3. The van der Waals surface area contributed by atoms with Crippen LogP contribution in [0.1, 0.15) is 131 Å². The number of benzene rings is 8. The Morgan fingerprint density at radius 2 is 0.852 bits per heavy atom. The van der Waals surface area contributed by atoms with Crippen LogP contribution in [-0.4, -0.2) is 123 Å². The van der Waals surface area contributed by atoms with E-state index in [4.69, 9.17) is 18.9 Å². The number of nitro benzene ring substituents is 2. The first kappa shape index (κ1) is 81.6. The lowest BCUT2D eigenvalue weighted by molar-refractivity contribution is -0.384. The number of nitrogens with zero attached hydrogens (tertiary/aromatic N) is 6. The minimum absolute atomic E-state index is 0.000496. The molecule has 0 radical (unpaired) electrons. The van der Waals surface area contributed by atoms with Crippen molar-refractivity contribution in [2.45, 2.75) is 110 Å². The molecule has 0 spiro atoms. The van der Waals surface area contributed by atoms with Gasteiger partial charge in [-0.15, -0.1) is 0 Å². The number of nitrogens with one attached hydrogen (secondary N) is 6. The third-order valence-electron chi connectivity index (χ3n) is 23.3. The molecule has 4 aromatic heterocycles. The third kappa shape index (κ3) is 18.3. The smallest absolute Gasteiger partial charge is 0.293 e. The number of hydrogen-bond donors (Lipinski definition) is 6. The van der Waals surface area contributed by atoms with Gasteiger partial charge in [0, 0.05) is 99.0 Å². The van der Waals surface area contributed by atoms with Crippen molar-refractivity contribution in [3.63, 3.8) is 0 Å². The Hall–Kier alpha value is -12.8. The zero-order chi connectivity index (χ0) is 84.6. The van der Waals surface area contributed by atoms with Gasteiger partial charge in [0.05, 0.1) is 68.3 Å². The first-order chi connectivity index (χ1) is 58.8. The summed E-state index contributed by atoms with van der Waals surface area (Å²) in [5, 5.41) is 31.7. The fraction of sp³-hybridized carbons (Fsp3) is 0.289. The Balaban J connectivity index is 0.000000173. The van der Waals surface area contributed by atoms with Crippen molar-refractivity contribution < 1.29 is 72.8 Å². The molecule has 2 aliphatic carbocycles. The quantitative estimate of drug-likeness (QED) is 0.0167. The Morgan fingerprint density at radius 1 is 0.475 bits per heavy atom. The molecule has 2 atom stereocenters. The van der Waals surface area contributed by atoms with Crippen LogP contribution >= 0.6 is 0 Å². The Bertz CT molecular complexity index is 5850. The number of aromatic nitrogens is 4. The number of nitro groups is 2. The molecule has 6 N–H and O–H groups in total. The summed E-state index contributed by atoms with van der Waals surface area (Å²) >= 11 is 0. The van der Waals surface area contributed by atoms with Crippen LogP contribution in [0.5, 0.6) is 23.0 Å². The number of alkyl halides is 4. The van der Waals surface area contributed by atoms with Crippen molar-refractivity contribution in [1.82, 2.24) is 29.4 Å². The predicted molar refractivity (Wildman–Crippen MR) is 452 cm³/mol. The normalized spacial score (nSPS) is 17.9. The Labute approximate surface area is 698 Å². The number of hydrogen-bond acceptors (Lipinski definition) is 20. The number of aromatic amines is 2. The molecule has 2 amide bonds. The lowest BCUT2D eigenvalue weighted by Crippen LogP contribution is -2.31. The number of sulfonamides is 2. The Kier molecular flexibility index (Phi) is 22.8. The molecule has 2 saturated carbocycles. The number of H-pyrrole nitrogens is 2. The van der Waals surface area contributed by atoms with Crippen LogP contribution in [0.3, 0.4) is 0 Å². The van der Waals surface area contributed by atoms with E-state index in [9.17, 15) is 46.7 Å². The maximum absolute atomic E-state index is 15.1. The largest absolute Gasteiger partial charge is 0.455 e. The summed E-state index contributed by atoms with van der Waals surface area (Å²) in [6, 6.07) is 52.3. The van der Waals surface area contributed by atoms with Crippen molar-refractivity contribution in [3.8, 4) is 45.3 Å². The van der Waals surface area contributed by atoms with Gasteiger partial charge in [0.1, 0.15) is 45.7 Å². The first-order valence-corrected chi connectivity index (χ1v) is 43.3. The number of pyridine rings is 2. The standard InChI is InChI=1S/2C45H42F2N6O7S/c2*46-45(47)24-41(37-4-2-1-3-36(37)30-5-6-30)52(27-45)33-10-7-29(8-11-33)31-9-13-38(42(22-31)60-34-21-32-15-18-48-43(32)50-26-34)44(54)51-61(57,58)35-12-14-39(40(23-35)53(55)56)49-25-28-16-19-59-20-17-28/h2*1-4,7-15,18,21-23,26,28,30,41,49H,5-6,16-17,19-20,24-25,27H2,(H,48,50)(H,51,54)/t2*41-/m10/s1. The SMILES string of the molecule is O=C(NS(=O)(=O)c1ccc(NCC2CCOCC2)c([N+](=O)[O-])c1)c1ccc(-c2ccc(N3CC(F)(F)C[C@@H]3c3ccccc3C3CC3)cc2)cc1Oc1cnc2[nH]ccc2c1.O=C(NS(=O)(=O)c1ccc(NCC2CCOCC2)c([N+](=O)[O-])c1)c1ccc(-c2ccc(N3CC(F)(F)C[C@H]3c3ccccc3C3CC3)cc2)cc1Oc1cnc2[nH]ccc2c1. The van der Waals surface area contributed by atoms with Gasteiger partial charge in [0.2, 0.25) is 0 Å². The molecule has 4 saturated heterocycles. The third-order valence-corrected chi connectivity index (χ3v) is 25.9. The van der Waals surface area contributed by atoms with Crippen molar-refractivity contribution in [2.75, 3.05) is 73.0 Å². The number of anilines is 4. The summed E-state index contributed by atoms with van der Waals surface area (Å²) in [5.74, 6) is -5.97. The molecule has 6 fully saturated rings. The average molecular weight is 1700 g/mol. The molecule has 4 aliphatic heterocycles. The van der Waals surface area contributed by atoms with E-state index in [-0.39, 0.29) is 70.2 Å². The van der Waals surface area contributed by atoms with Crippen LogP contribution in [0.15, 0.2) is 229 Å². The minimum atomic E-state index is -4.62. The molecule has 122 heavy (non-hydrogen) atoms. The maximum atomic E-state index is 15.1. The maximum Gasteiger partial charge on any atom is 0.293 e. The molecule has 0 unspecified atom stereocenters. The number of halogens is 4. The van der Waals surface area contributed by atoms with E-state index in [0.29, 0.717) is 96.3 Å². The summed E-state index contributed by atoms with van der Waals surface area (Å²) in [4.78, 5) is 67.8. The van der Waals surface area contributed by atoms with Crippen molar-refractivity contribution >= 4 is 88.1 Å². The predicted octanol–water partition coefficient (Wildman–Crippen LogP) is 18.7. The van der Waals surface area contributed by atoms with Gasteiger partial charge in [-0.25, -0.2) is 53.8 Å². The number of ether oxygens (including phenoxy) is 4. The molecular weight excluding hydrogens is 1610 g/mol. The van der Waals surface area contributed by atoms with Gasteiger partial charge in [0.15, 0.2) is 0 Å². The highest BCUT2D eigenvalue weighted by atomic mass is 32.2. The van der Waals surface area contributed by atoms with E-state index in [1.165, 1.54) is 48.8 Å². The van der Waals surface area contributed by atoms with E-state index in [1.807, 2.05) is 48.5 Å². The van der Waals surface area contributed by atoms with E-state index >= 15 is 17.6 Å².